The number of aryl methyl sites for hydroxylation is 1. The molecule has 0 atom stereocenters. The molecule has 1 aliphatic heterocycles. The lowest BCUT2D eigenvalue weighted by atomic mass is 10.0. The first kappa shape index (κ1) is 18.9. The molecule has 0 radical (unpaired) electrons. The van der Waals surface area contributed by atoms with Crippen LogP contribution in [-0.2, 0) is 12.8 Å². The Morgan fingerprint density at radius 3 is 2.52 bits per heavy atom. The van der Waals surface area contributed by atoms with Crippen LogP contribution < -0.4 is 14.8 Å². The molecule has 0 fully saturated rings. The number of benzene rings is 2. The predicted octanol–water partition coefficient (Wildman–Crippen LogP) is 2.87. The molecule has 0 amide bonds. The van der Waals surface area contributed by atoms with E-state index in [1.807, 2.05) is 42.5 Å². The first-order valence-corrected chi connectivity index (χ1v) is 9.56. The van der Waals surface area contributed by atoms with Gasteiger partial charge in [0.2, 0.25) is 11.8 Å². The number of hydrogen-bond donors (Lipinski definition) is 2. The second-order valence-corrected chi connectivity index (χ2v) is 6.77. The van der Waals surface area contributed by atoms with Crippen molar-refractivity contribution in [2.24, 2.45) is 4.99 Å². The Hall–Kier alpha value is -3.48. The molecule has 7 heteroatoms. The third-order valence-corrected chi connectivity index (χ3v) is 4.97. The van der Waals surface area contributed by atoms with Crippen LogP contribution in [0.5, 0.6) is 17.4 Å². The third-order valence-electron chi connectivity index (χ3n) is 4.97. The summed E-state index contributed by atoms with van der Waals surface area (Å²) in [6, 6.07) is 15.6. The summed E-state index contributed by atoms with van der Waals surface area (Å²) in [4.78, 5) is 4.39. The zero-order valence-electron chi connectivity index (χ0n) is 16.6. The van der Waals surface area contributed by atoms with E-state index in [-0.39, 0.29) is 5.88 Å². The maximum atomic E-state index is 10.9. The number of nitrogens with zero attached hydrogens (tertiary/aromatic N) is 3. The molecule has 1 aromatic heterocycles. The Morgan fingerprint density at radius 2 is 1.83 bits per heavy atom. The number of nitrogens with one attached hydrogen (secondary N) is 1. The second-order valence-electron chi connectivity index (χ2n) is 6.77. The molecule has 0 saturated heterocycles. The molecule has 4 rings (SSSR count). The van der Waals surface area contributed by atoms with Crippen LogP contribution in [0.1, 0.15) is 11.1 Å². The summed E-state index contributed by atoms with van der Waals surface area (Å²) in [6.07, 6.45) is 1.38. The van der Waals surface area contributed by atoms with Crippen LogP contribution in [0.15, 0.2) is 53.5 Å². The van der Waals surface area contributed by atoms with Crippen LogP contribution in [0.2, 0.25) is 0 Å². The van der Waals surface area contributed by atoms with E-state index in [0.29, 0.717) is 18.9 Å². The van der Waals surface area contributed by atoms with Gasteiger partial charge in [-0.25, -0.2) is 4.99 Å². The van der Waals surface area contributed by atoms with Gasteiger partial charge < -0.3 is 19.9 Å². The fourth-order valence-corrected chi connectivity index (χ4v) is 3.42. The van der Waals surface area contributed by atoms with Gasteiger partial charge in [0, 0.05) is 17.7 Å². The zero-order chi connectivity index (χ0) is 20.2. The van der Waals surface area contributed by atoms with E-state index in [4.69, 9.17) is 9.47 Å². The van der Waals surface area contributed by atoms with Gasteiger partial charge in [-0.3, -0.25) is 0 Å². The molecule has 29 heavy (non-hydrogen) atoms. The normalized spacial score (nSPS) is 13.1. The fourth-order valence-electron chi connectivity index (χ4n) is 3.42. The van der Waals surface area contributed by atoms with Gasteiger partial charge in [0.05, 0.1) is 20.8 Å². The number of methoxy groups -OCH3 is 2. The smallest absolute Gasteiger partial charge is 0.222 e. The van der Waals surface area contributed by atoms with Crippen molar-refractivity contribution in [1.82, 2.24) is 15.1 Å². The molecule has 1 aliphatic rings. The van der Waals surface area contributed by atoms with Crippen LogP contribution in [-0.4, -0.2) is 48.2 Å². The quantitative estimate of drug-likeness (QED) is 0.674. The third kappa shape index (κ3) is 3.89. The maximum absolute atomic E-state index is 10.9. The fraction of sp³-hybridized carbons (Fsp3) is 0.273. The van der Waals surface area contributed by atoms with Crippen molar-refractivity contribution in [3.05, 3.63) is 59.7 Å². The van der Waals surface area contributed by atoms with Crippen molar-refractivity contribution in [3.8, 4) is 28.6 Å². The van der Waals surface area contributed by atoms with Crippen LogP contribution >= 0.6 is 0 Å². The van der Waals surface area contributed by atoms with Crippen molar-refractivity contribution in [3.63, 3.8) is 0 Å². The first-order chi connectivity index (χ1) is 14.2. The number of aliphatic imine (C=N–C) groups is 1. The Bertz CT molecular complexity index is 1030. The first-order valence-electron chi connectivity index (χ1n) is 9.56. The number of aromatic nitrogens is 2. The number of rotatable bonds is 6. The lowest BCUT2D eigenvalue weighted by molar-refractivity contribution is 0.414. The van der Waals surface area contributed by atoms with Gasteiger partial charge in [-0.2, -0.15) is 9.78 Å². The monoisotopic (exact) mass is 392 g/mol. The molecule has 0 bridgehead atoms. The molecule has 3 aromatic rings. The molecule has 0 spiro atoms. The molecule has 2 N–H and O–H groups in total. The summed E-state index contributed by atoms with van der Waals surface area (Å²) in [5.41, 5.74) is 3.58. The maximum Gasteiger partial charge on any atom is 0.222 e. The minimum atomic E-state index is 0.117. The van der Waals surface area contributed by atoms with Crippen molar-refractivity contribution >= 4 is 5.96 Å². The highest BCUT2D eigenvalue weighted by atomic mass is 16.5. The Morgan fingerprint density at radius 1 is 1.03 bits per heavy atom. The van der Waals surface area contributed by atoms with Crippen LogP contribution in [0.25, 0.3) is 11.3 Å². The SMILES string of the molecule is COc1ccc(-c2nn(C3=NCCN3)c(O)c2CCc2cccc(OC)c2)cc1. The summed E-state index contributed by atoms with van der Waals surface area (Å²) in [7, 11) is 3.30. The van der Waals surface area contributed by atoms with Crippen molar-refractivity contribution in [2.75, 3.05) is 27.3 Å². The Kier molecular flexibility index (Phi) is 5.37. The van der Waals surface area contributed by atoms with E-state index >= 15 is 0 Å². The molecular weight excluding hydrogens is 368 g/mol. The van der Waals surface area contributed by atoms with E-state index in [1.165, 1.54) is 4.68 Å². The van der Waals surface area contributed by atoms with Crippen LogP contribution in [0.3, 0.4) is 0 Å². The van der Waals surface area contributed by atoms with Gasteiger partial charge in [0.1, 0.15) is 17.2 Å². The highest BCUT2D eigenvalue weighted by Crippen LogP contribution is 2.32. The summed E-state index contributed by atoms with van der Waals surface area (Å²) >= 11 is 0. The summed E-state index contributed by atoms with van der Waals surface area (Å²) < 4.78 is 12.1. The summed E-state index contributed by atoms with van der Waals surface area (Å²) in [6.45, 7) is 1.41. The molecule has 150 valence electrons. The van der Waals surface area contributed by atoms with Crippen LogP contribution in [0.4, 0.5) is 0 Å². The zero-order valence-corrected chi connectivity index (χ0v) is 16.6. The average molecular weight is 392 g/mol. The standard InChI is InChI=1S/C22H24N4O3/c1-28-17-9-7-16(8-10-17)20-19(11-6-15-4-3-5-18(14-15)29-2)21(27)26(25-20)22-23-12-13-24-22/h3-5,7-10,14,27H,6,11-13H2,1-2H3,(H,23,24). The van der Waals surface area contributed by atoms with Crippen molar-refractivity contribution in [2.45, 2.75) is 12.8 Å². The molecule has 0 aliphatic carbocycles. The van der Waals surface area contributed by atoms with E-state index in [2.05, 4.69) is 21.5 Å². The minimum absolute atomic E-state index is 0.117. The molecule has 2 heterocycles. The lowest BCUT2D eigenvalue weighted by Gasteiger charge is -2.07. The van der Waals surface area contributed by atoms with Gasteiger partial charge >= 0.3 is 0 Å². The van der Waals surface area contributed by atoms with Crippen molar-refractivity contribution < 1.29 is 14.6 Å². The average Bonchev–Trinajstić information content (AvgIpc) is 3.40. The molecule has 2 aromatic carbocycles. The lowest BCUT2D eigenvalue weighted by Crippen LogP contribution is -2.26. The molecular formula is C22H24N4O3. The van der Waals surface area contributed by atoms with Crippen LogP contribution in [0, 0.1) is 0 Å². The van der Waals surface area contributed by atoms with Gasteiger partial charge in [0.15, 0.2) is 0 Å². The highest BCUT2D eigenvalue weighted by Gasteiger charge is 2.22. The Labute approximate surface area is 169 Å². The van der Waals surface area contributed by atoms with Crippen molar-refractivity contribution in [1.29, 1.82) is 0 Å². The van der Waals surface area contributed by atoms with Gasteiger partial charge in [-0.1, -0.05) is 12.1 Å². The second kappa shape index (κ2) is 8.26. The molecule has 7 nitrogen and oxygen atoms in total. The molecule has 0 saturated carbocycles. The van der Waals surface area contributed by atoms with E-state index < -0.39 is 0 Å². The van der Waals surface area contributed by atoms with Gasteiger partial charge in [-0.15, -0.1) is 0 Å². The summed E-state index contributed by atoms with van der Waals surface area (Å²) in [5, 5.41) is 18.8. The number of hydrogen-bond acceptors (Lipinski definition) is 6. The predicted molar refractivity (Wildman–Crippen MR) is 112 cm³/mol. The van der Waals surface area contributed by atoms with E-state index in [1.54, 1.807) is 14.2 Å². The minimum Gasteiger partial charge on any atom is -0.497 e. The topological polar surface area (TPSA) is 80.9 Å². The largest absolute Gasteiger partial charge is 0.497 e. The highest BCUT2D eigenvalue weighted by molar-refractivity contribution is 5.85. The number of aromatic hydroxyl groups is 1. The Balaban J connectivity index is 1.69. The van der Waals surface area contributed by atoms with Gasteiger partial charge in [0.25, 0.3) is 0 Å². The summed E-state index contributed by atoms with van der Waals surface area (Å²) in [5.74, 6) is 2.29. The van der Waals surface area contributed by atoms with Gasteiger partial charge in [-0.05, 0) is 54.8 Å². The van der Waals surface area contributed by atoms with E-state index in [0.717, 1.165) is 46.8 Å². The molecule has 0 unspecified atom stereocenters. The number of ether oxygens (including phenoxy) is 2. The van der Waals surface area contributed by atoms with E-state index in [9.17, 15) is 5.11 Å².